The van der Waals surface area contributed by atoms with Gasteiger partial charge in [-0.2, -0.15) is 16.9 Å². The van der Waals surface area contributed by atoms with Crippen LogP contribution >= 0.6 is 11.8 Å². The van der Waals surface area contributed by atoms with Gasteiger partial charge in [-0.1, -0.05) is 6.92 Å². The second kappa shape index (κ2) is 6.21. The van der Waals surface area contributed by atoms with E-state index in [2.05, 4.69) is 17.3 Å². The van der Waals surface area contributed by atoms with Crippen molar-refractivity contribution in [3.05, 3.63) is 18.0 Å². The van der Waals surface area contributed by atoms with Crippen LogP contribution in [0.4, 0.5) is 0 Å². The van der Waals surface area contributed by atoms with Gasteiger partial charge in [0.1, 0.15) is 0 Å². The zero-order chi connectivity index (χ0) is 12.1. The zero-order valence-corrected chi connectivity index (χ0v) is 11.0. The Kier molecular flexibility index (Phi) is 4.62. The van der Waals surface area contributed by atoms with E-state index in [9.17, 15) is 4.79 Å². The third-order valence-electron chi connectivity index (χ3n) is 2.84. The van der Waals surface area contributed by atoms with Crippen LogP contribution in [0, 0.1) is 0 Å². The highest BCUT2D eigenvalue weighted by molar-refractivity contribution is 7.99. The first-order valence-electron chi connectivity index (χ1n) is 6.16. The largest absolute Gasteiger partial charge is 0.312 e. The molecule has 0 aromatic carbocycles. The number of hydrogen-bond acceptors (Lipinski definition) is 4. The molecule has 1 aromatic rings. The number of rotatable bonds is 5. The highest BCUT2D eigenvalue weighted by atomic mass is 32.2. The summed E-state index contributed by atoms with van der Waals surface area (Å²) in [5.74, 6) is 2.39. The van der Waals surface area contributed by atoms with E-state index in [-0.39, 0.29) is 5.78 Å². The first-order chi connectivity index (χ1) is 8.29. The van der Waals surface area contributed by atoms with Crippen LogP contribution in [0.15, 0.2) is 12.4 Å². The molecule has 0 spiro atoms. The summed E-state index contributed by atoms with van der Waals surface area (Å²) in [7, 11) is 0. The minimum absolute atomic E-state index is 0.201. The molecule has 1 fully saturated rings. The number of aryl methyl sites for hydroxylation is 1. The number of carbonyl (C=O) groups is 1. The van der Waals surface area contributed by atoms with Gasteiger partial charge in [0, 0.05) is 43.3 Å². The lowest BCUT2D eigenvalue weighted by molar-refractivity contribution is 0.0972. The summed E-state index contributed by atoms with van der Waals surface area (Å²) in [6.07, 6.45) is 5.18. The molecule has 1 saturated heterocycles. The van der Waals surface area contributed by atoms with Crippen LogP contribution in [0.5, 0.6) is 0 Å². The molecule has 1 atom stereocenters. The predicted octanol–water partition coefficient (Wildman–Crippen LogP) is 1.57. The Morgan fingerprint density at radius 3 is 3.29 bits per heavy atom. The van der Waals surface area contributed by atoms with Crippen LogP contribution < -0.4 is 5.32 Å². The predicted molar refractivity (Wildman–Crippen MR) is 70.6 cm³/mol. The standard InChI is InChI=1S/C12H19N3OS/c1-2-4-15-8-10(7-14-15)12(16)6-11-9-17-5-3-13-11/h7-8,11,13H,2-6,9H2,1H3. The van der Waals surface area contributed by atoms with E-state index in [0.717, 1.165) is 36.6 Å². The van der Waals surface area contributed by atoms with Gasteiger partial charge in [0.05, 0.1) is 11.8 Å². The smallest absolute Gasteiger partial charge is 0.167 e. The molecule has 4 nitrogen and oxygen atoms in total. The van der Waals surface area contributed by atoms with Gasteiger partial charge in [-0.3, -0.25) is 9.48 Å². The fourth-order valence-electron chi connectivity index (χ4n) is 1.95. The first kappa shape index (κ1) is 12.6. The Labute approximate surface area is 106 Å². The molecule has 0 amide bonds. The minimum Gasteiger partial charge on any atom is -0.312 e. The summed E-state index contributed by atoms with van der Waals surface area (Å²) >= 11 is 1.92. The summed E-state index contributed by atoms with van der Waals surface area (Å²) in [5, 5.41) is 7.57. The van der Waals surface area contributed by atoms with Crippen LogP contribution in [-0.2, 0) is 6.54 Å². The average molecular weight is 253 g/mol. The van der Waals surface area contributed by atoms with E-state index in [1.807, 2.05) is 22.6 Å². The molecule has 2 rings (SSSR count). The van der Waals surface area contributed by atoms with Crippen LogP contribution in [0.2, 0.25) is 0 Å². The Hall–Kier alpha value is -0.810. The molecular formula is C12H19N3OS. The van der Waals surface area contributed by atoms with Crippen molar-refractivity contribution in [2.45, 2.75) is 32.4 Å². The second-order valence-corrected chi connectivity index (χ2v) is 5.50. The molecule has 1 unspecified atom stereocenters. The van der Waals surface area contributed by atoms with E-state index in [4.69, 9.17) is 0 Å². The quantitative estimate of drug-likeness (QED) is 0.809. The Bertz CT molecular complexity index is 372. The number of Topliss-reactive ketones (excluding diaryl/α,β-unsaturated/α-hetero) is 1. The topological polar surface area (TPSA) is 46.9 Å². The number of nitrogens with zero attached hydrogens (tertiary/aromatic N) is 2. The van der Waals surface area contributed by atoms with Gasteiger partial charge in [0.2, 0.25) is 0 Å². The molecule has 0 bridgehead atoms. The van der Waals surface area contributed by atoms with Crippen molar-refractivity contribution in [2.24, 2.45) is 0 Å². The summed E-state index contributed by atoms with van der Waals surface area (Å²) in [6.45, 7) is 3.99. The van der Waals surface area contributed by atoms with Gasteiger partial charge < -0.3 is 5.32 Å². The van der Waals surface area contributed by atoms with Crippen LogP contribution in [0.3, 0.4) is 0 Å². The van der Waals surface area contributed by atoms with Crippen molar-refractivity contribution in [1.29, 1.82) is 0 Å². The number of carbonyl (C=O) groups excluding carboxylic acids is 1. The molecule has 1 aliphatic heterocycles. The third kappa shape index (κ3) is 3.57. The first-order valence-corrected chi connectivity index (χ1v) is 7.32. The molecule has 2 heterocycles. The Balaban J connectivity index is 1.89. The van der Waals surface area contributed by atoms with Crippen molar-refractivity contribution >= 4 is 17.5 Å². The summed E-state index contributed by atoms with van der Waals surface area (Å²) in [5.41, 5.74) is 0.746. The molecule has 1 aliphatic rings. The average Bonchev–Trinajstić information content (AvgIpc) is 2.79. The van der Waals surface area contributed by atoms with Crippen molar-refractivity contribution in [3.8, 4) is 0 Å². The highest BCUT2D eigenvalue weighted by Gasteiger charge is 2.18. The van der Waals surface area contributed by atoms with Crippen LogP contribution in [0.25, 0.3) is 0 Å². The van der Waals surface area contributed by atoms with Crippen molar-refractivity contribution in [2.75, 3.05) is 18.1 Å². The monoisotopic (exact) mass is 253 g/mol. The fraction of sp³-hybridized carbons (Fsp3) is 0.667. The number of hydrogen-bond donors (Lipinski definition) is 1. The van der Waals surface area contributed by atoms with Gasteiger partial charge in [0.25, 0.3) is 0 Å². The molecule has 5 heteroatoms. The second-order valence-electron chi connectivity index (χ2n) is 4.35. The molecule has 94 valence electrons. The summed E-state index contributed by atoms with van der Waals surface area (Å²) < 4.78 is 1.84. The third-order valence-corrected chi connectivity index (χ3v) is 3.97. The van der Waals surface area contributed by atoms with Crippen molar-refractivity contribution in [1.82, 2.24) is 15.1 Å². The number of ketones is 1. The molecule has 1 aromatic heterocycles. The fourth-order valence-corrected chi connectivity index (χ4v) is 2.90. The molecule has 17 heavy (non-hydrogen) atoms. The normalized spacial score (nSPS) is 20.4. The highest BCUT2D eigenvalue weighted by Crippen LogP contribution is 2.13. The van der Waals surface area contributed by atoms with Crippen molar-refractivity contribution in [3.63, 3.8) is 0 Å². The van der Waals surface area contributed by atoms with Gasteiger partial charge in [-0.15, -0.1) is 0 Å². The van der Waals surface area contributed by atoms with Crippen LogP contribution in [0.1, 0.15) is 30.1 Å². The lowest BCUT2D eigenvalue weighted by Gasteiger charge is -2.22. The minimum atomic E-state index is 0.201. The van der Waals surface area contributed by atoms with E-state index >= 15 is 0 Å². The van der Waals surface area contributed by atoms with E-state index in [0.29, 0.717) is 12.5 Å². The summed E-state index contributed by atoms with van der Waals surface area (Å²) in [4.78, 5) is 12.0. The lowest BCUT2D eigenvalue weighted by Crippen LogP contribution is -2.38. The number of nitrogens with one attached hydrogen (secondary N) is 1. The van der Waals surface area contributed by atoms with E-state index in [1.54, 1.807) is 6.20 Å². The lowest BCUT2D eigenvalue weighted by atomic mass is 10.1. The van der Waals surface area contributed by atoms with Gasteiger partial charge in [0.15, 0.2) is 5.78 Å². The zero-order valence-electron chi connectivity index (χ0n) is 10.2. The maximum atomic E-state index is 12.0. The van der Waals surface area contributed by atoms with Gasteiger partial charge in [-0.05, 0) is 6.42 Å². The van der Waals surface area contributed by atoms with Gasteiger partial charge >= 0.3 is 0 Å². The van der Waals surface area contributed by atoms with E-state index in [1.165, 1.54) is 0 Å². The molecule has 1 N–H and O–H groups in total. The maximum Gasteiger partial charge on any atom is 0.167 e. The maximum absolute atomic E-state index is 12.0. The molecular weight excluding hydrogens is 234 g/mol. The molecule has 0 aliphatic carbocycles. The summed E-state index contributed by atoms with van der Waals surface area (Å²) in [6, 6.07) is 0.329. The SMILES string of the molecule is CCCn1cc(C(=O)CC2CSCCN2)cn1. The Morgan fingerprint density at radius 1 is 1.71 bits per heavy atom. The van der Waals surface area contributed by atoms with E-state index < -0.39 is 0 Å². The number of aromatic nitrogens is 2. The van der Waals surface area contributed by atoms with Gasteiger partial charge in [-0.25, -0.2) is 0 Å². The number of thioether (sulfide) groups is 1. The van der Waals surface area contributed by atoms with Crippen LogP contribution in [-0.4, -0.2) is 39.7 Å². The molecule has 0 saturated carbocycles. The Morgan fingerprint density at radius 2 is 2.59 bits per heavy atom. The molecule has 0 radical (unpaired) electrons. The van der Waals surface area contributed by atoms with Crippen molar-refractivity contribution < 1.29 is 4.79 Å².